The van der Waals surface area contributed by atoms with Crippen molar-refractivity contribution in [3.8, 4) is 0 Å². The number of unbranched alkanes of at least 4 members (excludes halogenated alkanes) is 1. The monoisotopic (exact) mass is 280 g/mol. The minimum atomic E-state index is -4.16. The van der Waals surface area contributed by atoms with Crippen LogP contribution in [-0.4, -0.2) is 24.0 Å². The van der Waals surface area contributed by atoms with Gasteiger partial charge < -0.3 is 4.74 Å². The summed E-state index contributed by atoms with van der Waals surface area (Å²) in [5.74, 6) is -4.06. The molecular weight excluding hydrogens is 268 g/mol. The van der Waals surface area contributed by atoms with E-state index in [4.69, 9.17) is 4.74 Å². The molecule has 0 bridgehead atoms. The van der Waals surface area contributed by atoms with Gasteiger partial charge in [-0.25, -0.2) is 0 Å². The maximum atomic E-state index is 12.6. The van der Waals surface area contributed by atoms with Crippen LogP contribution in [0.15, 0.2) is 0 Å². The molecule has 14 heavy (non-hydrogen) atoms. The molecule has 0 N–H and O–H groups in total. The number of rotatable bonds is 7. The maximum Gasteiger partial charge on any atom is 0.363 e. The van der Waals surface area contributed by atoms with Crippen LogP contribution in [0.4, 0.5) is 17.6 Å². The van der Waals surface area contributed by atoms with Crippen molar-refractivity contribution < 1.29 is 22.3 Å². The summed E-state index contributed by atoms with van der Waals surface area (Å²) in [6.45, 7) is 1.90. The third kappa shape index (κ3) is 5.14. The zero-order valence-corrected chi connectivity index (χ0v) is 9.42. The van der Waals surface area contributed by atoms with Gasteiger partial charge in [0.25, 0.3) is 0 Å². The van der Waals surface area contributed by atoms with E-state index in [0.717, 1.165) is 12.8 Å². The SMILES string of the molecule is CCCCOCCC(F)(F)C(F)(F)Br. The topological polar surface area (TPSA) is 9.23 Å². The number of halogens is 5. The van der Waals surface area contributed by atoms with Gasteiger partial charge in [0.1, 0.15) is 0 Å². The molecular formula is C8H13BrF4O. The average Bonchev–Trinajstić information content (AvgIpc) is 2.02. The first-order valence-corrected chi connectivity index (χ1v) is 5.13. The van der Waals surface area contributed by atoms with Gasteiger partial charge in [-0.05, 0) is 22.4 Å². The van der Waals surface area contributed by atoms with Crippen LogP contribution in [0.5, 0.6) is 0 Å². The van der Waals surface area contributed by atoms with Gasteiger partial charge in [-0.2, -0.15) is 17.6 Å². The van der Waals surface area contributed by atoms with E-state index in [9.17, 15) is 17.6 Å². The summed E-state index contributed by atoms with van der Waals surface area (Å²) < 4.78 is 54.3. The molecule has 86 valence electrons. The summed E-state index contributed by atoms with van der Waals surface area (Å²) in [5, 5.41) is 0. The summed E-state index contributed by atoms with van der Waals surface area (Å²) in [4.78, 5) is -4.16. The second-order valence-corrected chi connectivity index (χ2v) is 3.91. The number of hydrogen-bond donors (Lipinski definition) is 0. The summed E-state index contributed by atoms with van der Waals surface area (Å²) in [7, 11) is 0. The van der Waals surface area contributed by atoms with Crippen LogP contribution in [0.3, 0.4) is 0 Å². The molecule has 0 atom stereocenters. The molecule has 0 spiro atoms. The van der Waals surface area contributed by atoms with Crippen molar-refractivity contribution in [2.45, 2.75) is 36.9 Å². The molecule has 0 unspecified atom stereocenters. The van der Waals surface area contributed by atoms with E-state index in [0.29, 0.717) is 6.61 Å². The first-order valence-electron chi connectivity index (χ1n) is 4.33. The van der Waals surface area contributed by atoms with E-state index >= 15 is 0 Å². The summed E-state index contributed by atoms with van der Waals surface area (Å²) >= 11 is 1.64. The molecule has 0 saturated carbocycles. The van der Waals surface area contributed by atoms with Crippen molar-refractivity contribution in [1.29, 1.82) is 0 Å². The Morgan fingerprint density at radius 2 is 1.71 bits per heavy atom. The fraction of sp³-hybridized carbons (Fsp3) is 1.00. The molecule has 0 fully saturated rings. The summed E-state index contributed by atoms with van der Waals surface area (Å²) in [6, 6.07) is 0. The fourth-order valence-corrected chi connectivity index (χ4v) is 0.889. The highest BCUT2D eigenvalue weighted by molar-refractivity contribution is 9.10. The molecule has 0 aliphatic carbocycles. The van der Waals surface area contributed by atoms with Crippen LogP contribution in [-0.2, 0) is 4.74 Å². The van der Waals surface area contributed by atoms with Crippen LogP contribution in [0.2, 0.25) is 0 Å². The van der Waals surface area contributed by atoms with Gasteiger partial charge in [-0.3, -0.25) is 0 Å². The van der Waals surface area contributed by atoms with Gasteiger partial charge >= 0.3 is 10.8 Å². The van der Waals surface area contributed by atoms with Gasteiger partial charge in [-0.1, -0.05) is 13.3 Å². The zero-order chi connectivity index (χ0) is 11.2. The van der Waals surface area contributed by atoms with Gasteiger partial charge in [-0.15, -0.1) is 0 Å². The van der Waals surface area contributed by atoms with Gasteiger partial charge in [0.2, 0.25) is 0 Å². The molecule has 0 aromatic rings. The lowest BCUT2D eigenvalue weighted by atomic mass is 10.2. The highest BCUT2D eigenvalue weighted by atomic mass is 79.9. The Labute approximate surface area is 88.9 Å². The van der Waals surface area contributed by atoms with E-state index in [-0.39, 0.29) is 6.61 Å². The summed E-state index contributed by atoms with van der Waals surface area (Å²) in [5.41, 5.74) is 0. The standard InChI is InChI=1S/C8H13BrF4O/c1-2-3-5-14-6-4-7(10,11)8(9,12)13/h2-6H2,1H3. The molecule has 0 aromatic carbocycles. The van der Waals surface area contributed by atoms with Crippen LogP contribution in [0.25, 0.3) is 0 Å². The van der Waals surface area contributed by atoms with E-state index < -0.39 is 17.2 Å². The Bertz CT molecular complexity index is 158. The number of alkyl halides is 5. The van der Waals surface area contributed by atoms with Crippen LogP contribution in [0.1, 0.15) is 26.2 Å². The van der Waals surface area contributed by atoms with Crippen molar-refractivity contribution >= 4 is 15.9 Å². The lowest BCUT2D eigenvalue weighted by Crippen LogP contribution is -2.36. The smallest absolute Gasteiger partial charge is 0.363 e. The Morgan fingerprint density at radius 1 is 1.14 bits per heavy atom. The number of hydrogen-bond acceptors (Lipinski definition) is 1. The van der Waals surface area contributed by atoms with Crippen molar-refractivity contribution in [2.75, 3.05) is 13.2 Å². The predicted molar refractivity (Wildman–Crippen MR) is 49.2 cm³/mol. The molecule has 0 amide bonds. The molecule has 0 aliphatic heterocycles. The lowest BCUT2D eigenvalue weighted by molar-refractivity contribution is -0.158. The quantitative estimate of drug-likeness (QED) is 0.391. The average molecular weight is 281 g/mol. The zero-order valence-electron chi connectivity index (χ0n) is 7.83. The van der Waals surface area contributed by atoms with E-state index in [2.05, 4.69) is 0 Å². The van der Waals surface area contributed by atoms with Crippen molar-refractivity contribution in [1.82, 2.24) is 0 Å². The van der Waals surface area contributed by atoms with E-state index in [1.165, 1.54) is 0 Å². The summed E-state index contributed by atoms with van der Waals surface area (Å²) in [6.07, 6.45) is 0.649. The Morgan fingerprint density at radius 3 is 2.14 bits per heavy atom. The molecule has 1 nitrogen and oxygen atoms in total. The highest BCUT2D eigenvalue weighted by Crippen LogP contribution is 2.41. The molecule has 0 radical (unpaired) electrons. The maximum absolute atomic E-state index is 12.6. The number of ether oxygens (including phenoxy) is 1. The van der Waals surface area contributed by atoms with E-state index in [1.54, 1.807) is 15.9 Å². The Hall–Kier alpha value is 0.160. The first kappa shape index (κ1) is 14.2. The van der Waals surface area contributed by atoms with E-state index in [1.807, 2.05) is 6.92 Å². The van der Waals surface area contributed by atoms with Crippen molar-refractivity contribution in [3.05, 3.63) is 0 Å². The van der Waals surface area contributed by atoms with Crippen LogP contribution >= 0.6 is 15.9 Å². The third-order valence-electron chi connectivity index (χ3n) is 1.62. The largest absolute Gasteiger partial charge is 0.381 e. The van der Waals surface area contributed by atoms with Crippen LogP contribution < -0.4 is 0 Å². The van der Waals surface area contributed by atoms with Crippen molar-refractivity contribution in [2.24, 2.45) is 0 Å². The molecule has 0 rings (SSSR count). The first-order chi connectivity index (χ1) is 6.31. The highest BCUT2D eigenvalue weighted by Gasteiger charge is 2.53. The van der Waals surface area contributed by atoms with Crippen LogP contribution in [0, 0.1) is 0 Å². The second-order valence-electron chi connectivity index (χ2n) is 2.92. The van der Waals surface area contributed by atoms with Gasteiger partial charge in [0, 0.05) is 13.0 Å². The Kier molecular flexibility index (Phi) is 5.97. The Balaban J connectivity index is 3.67. The third-order valence-corrected chi connectivity index (χ3v) is 2.20. The van der Waals surface area contributed by atoms with Crippen molar-refractivity contribution in [3.63, 3.8) is 0 Å². The minimum Gasteiger partial charge on any atom is -0.381 e. The molecule has 0 saturated heterocycles. The minimum absolute atomic E-state index is 0.334. The molecule has 6 heteroatoms. The second kappa shape index (κ2) is 5.90. The lowest BCUT2D eigenvalue weighted by Gasteiger charge is -2.21. The fourth-order valence-electron chi connectivity index (χ4n) is 0.691. The van der Waals surface area contributed by atoms with Gasteiger partial charge in [0.15, 0.2) is 0 Å². The molecule has 0 aliphatic rings. The molecule has 0 aromatic heterocycles. The van der Waals surface area contributed by atoms with Gasteiger partial charge in [0.05, 0.1) is 6.61 Å². The predicted octanol–water partition coefficient (Wildman–Crippen LogP) is 3.82. The normalized spacial score (nSPS) is 13.3. The molecule has 0 heterocycles.